The Hall–Kier alpha value is -4.05. The number of aromatic nitrogens is 3. The Morgan fingerprint density at radius 2 is 2.03 bits per heavy atom. The molecule has 8 nitrogen and oxygen atoms in total. The highest BCUT2D eigenvalue weighted by atomic mass is 32.1. The number of amides is 2. The van der Waals surface area contributed by atoms with Crippen LogP contribution in [0.5, 0.6) is 0 Å². The van der Waals surface area contributed by atoms with Crippen LogP contribution in [0.3, 0.4) is 0 Å². The van der Waals surface area contributed by atoms with Crippen LogP contribution in [-0.2, 0) is 6.54 Å². The number of pyridine rings is 1. The monoisotopic (exact) mass is 490 g/mol. The van der Waals surface area contributed by atoms with E-state index in [0.717, 1.165) is 30.8 Å². The van der Waals surface area contributed by atoms with Crippen molar-refractivity contribution in [2.75, 3.05) is 16.8 Å². The molecular weight excluding hydrogens is 467 g/mol. The summed E-state index contributed by atoms with van der Waals surface area (Å²) in [5, 5.41) is 5.38. The fourth-order valence-corrected chi connectivity index (χ4v) is 5.11. The number of anilines is 2. The minimum atomic E-state index is -0.555. The molecule has 5 rings (SSSR count). The van der Waals surface area contributed by atoms with Gasteiger partial charge < -0.3 is 15.2 Å². The molecule has 35 heavy (non-hydrogen) atoms. The molecule has 1 saturated heterocycles. The summed E-state index contributed by atoms with van der Waals surface area (Å²) in [5.41, 5.74) is 8.89. The Labute approximate surface area is 205 Å². The van der Waals surface area contributed by atoms with E-state index in [9.17, 15) is 14.0 Å². The third-order valence-electron chi connectivity index (χ3n) is 6.03. The van der Waals surface area contributed by atoms with Crippen molar-refractivity contribution in [3.05, 3.63) is 94.8 Å². The van der Waals surface area contributed by atoms with E-state index < -0.39 is 11.9 Å². The van der Waals surface area contributed by atoms with Crippen molar-refractivity contribution >= 4 is 34.0 Å². The minimum Gasteiger partial charge on any atom is -0.366 e. The first-order valence-electron chi connectivity index (χ1n) is 11.2. The number of carbonyl (C=O) groups is 2. The van der Waals surface area contributed by atoms with Crippen LogP contribution in [0, 0.1) is 5.95 Å². The van der Waals surface area contributed by atoms with Gasteiger partial charge in [-0.2, -0.15) is 4.39 Å². The molecule has 3 aromatic heterocycles. The van der Waals surface area contributed by atoms with E-state index >= 15 is 0 Å². The third-order valence-corrected chi connectivity index (χ3v) is 6.80. The van der Waals surface area contributed by atoms with Gasteiger partial charge in [0.2, 0.25) is 11.9 Å². The van der Waals surface area contributed by atoms with Crippen LogP contribution >= 0.6 is 11.3 Å². The topological polar surface area (TPSA) is 106 Å². The molecule has 0 aliphatic carbocycles. The molecule has 0 saturated carbocycles. The van der Waals surface area contributed by atoms with Gasteiger partial charge in [0.25, 0.3) is 5.91 Å². The number of hydrogen-bond acceptors (Lipinski definition) is 6. The second kappa shape index (κ2) is 9.67. The summed E-state index contributed by atoms with van der Waals surface area (Å²) >= 11 is 1.38. The maximum atomic E-state index is 13.4. The van der Waals surface area contributed by atoms with Crippen LogP contribution in [0.1, 0.15) is 51.0 Å². The fourth-order valence-electron chi connectivity index (χ4n) is 4.35. The number of rotatable bonds is 7. The van der Waals surface area contributed by atoms with E-state index in [4.69, 9.17) is 10.7 Å². The SMILES string of the molecule is NC(=O)c1ccc(N2CCCC2c2csc(NC(=O)c3cccn3Cc3ccnc(F)c3)n2)cc1. The number of nitrogens with zero attached hydrogens (tertiary/aromatic N) is 4. The predicted octanol–water partition coefficient (Wildman–Crippen LogP) is 4.22. The second-order valence-electron chi connectivity index (χ2n) is 8.30. The smallest absolute Gasteiger partial charge is 0.274 e. The van der Waals surface area contributed by atoms with Crippen molar-refractivity contribution in [2.45, 2.75) is 25.4 Å². The van der Waals surface area contributed by atoms with Gasteiger partial charge in [-0.25, -0.2) is 9.97 Å². The van der Waals surface area contributed by atoms with Crippen molar-refractivity contribution in [1.29, 1.82) is 0 Å². The summed E-state index contributed by atoms with van der Waals surface area (Å²) in [4.78, 5) is 34.8. The Morgan fingerprint density at radius 3 is 2.80 bits per heavy atom. The zero-order valence-corrected chi connectivity index (χ0v) is 19.5. The van der Waals surface area contributed by atoms with Gasteiger partial charge in [-0.3, -0.25) is 14.9 Å². The normalized spacial score (nSPS) is 15.3. The number of nitrogens with one attached hydrogen (secondary N) is 1. The highest BCUT2D eigenvalue weighted by molar-refractivity contribution is 7.14. The first-order valence-corrected chi connectivity index (χ1v) is 12.0. The Morgan fingerprint density at radius 1 is 1.20 bits per heavy atom. The zero-order chi connectivity index (χ0) is 24.4. The molecule has 10 heteroatoms. The summed E-state index contributed by atoms with van der Waals surface area (Å²) in [5.74, 6) is -1.29. The highest BCUT2D eigenvalue weighted by Gasteiger charge is 2.28. The standard InChI is InChI=1S/C25H23FN6O2S/c26-22-13-16(9-10-28-22)14-31-11-1-4-21(31)24(34)30-25-29-19(15-35-25)20-3-2-12-32(20)18-7-5-17(6-8-18)23(27)33/h1,4-11,13,15,20H,2-3,12,14H2,(H2,27,33)(H,29,30,34). The number of benzene rings is 1. The van der Waals surface area contributed by atoms with Crippen molar-refractivity contribution in [1.82, 2.24) is 14.5 Å². The van der Waals surface area contributed by atoms with E-state index in [1.54, 1.807) is 41.1 Å². The summed E-state index contributed by atoms with van der Waals surface area (Å²) in [7, 11) is 0. The summed E-state index contributed by atoms with van der Waals surface area (Å²) in [6.07, 6.45) is 5.15. The molecule has 0 bridgehead atoms. The van der Waals surface area contributed by atoms with Crippen LogP contribution in [-0.4, -0.2) is 32.9 Å². The van der Waals surface area contributed by atoms with Crippen molar-refractivity contribution in [3.8, 4) is 0 Å². The molecular formula is C25H23FN6O2S. The van der Waals surface area contributed by atoms with Crippen molar-refractivity contribution < 1.29 is 14.0 Å². The lowest BCUT2D eigenvalue weighted by Crippen LogP contribution is -2.23. The molecule has 4 heterocycles. The molecule has 2 amide bonds. The number of nitrogens with two attached hydrogens (primary N) is 1. The Kier molecular flexibility index (Phi) is 6.28. The minimum absolute atomic E-state index is 0.0850. The molecule has 1 aromatic carbocycles. The predicted molar refractivity (Wildman–Crippen MR) is 132 cm³/mol. The average Bonchev–Trinajstić information content (AvgIpc) is 3.60. The molecule has 1 atom stereocenters. The number of thiazole rings is 1. The van der Waals surface area contributed by atoms with Gasteiger partial charge in [-0.15, -0.1) is 11.3 Å². The lowest BCUT2D eigenvalue weighted by Gasteiger charge is -2.25. The van der Waals surface area contributed by atoms with E-state index in [-0.39, 0.29) is 11.9 Å². The summed E-state index contributed by atoms with van der Waals surface area (Å²) in [6, 6.07) is 13.9. The average molecular weight is 491 g/mol. The fraction of sp³-hybridized carbons (Fsp3) is 0.200. The maximum absolute atomic E-state index is 13.4. The van der Waals surface area contributed by atoms with Crippen LogP contribution in [0.2, 0.25) is 0 Å². The van der Waals surface area contributed by atoms with Gasteiger partial charge in [-0.05, 0) is 66.9 Å². The van der Waals surface area contributed by atoms with Gasteiger partial charge in [0.1, 0.15) is 5.69 Å². The van der Waals surface area contributed by atoms with Gasteiger partial charge in [-0.1, -0.05) is 0 Å². The molecule has 1 unspecified atom stereocenters. The number of halogens is 1. The van der Waals surface area contributed by atoms with E-state index in [2.05, 4.69) is 15.2 Å². The second-order valence-corrected chi connectivity index (χ2v) is 9.16. The van der Waals surface area contributed by atoms with Gasteiger partial charge in [0, 0.05) is 42.1 Å². The lowest BCUT2D eigenvalue weighted by atomic mass is 10.1. The maximum Gasteiger partial charge on any atom is 0.274 e. The molecule has 1 aliphatic rings. The molecule has 3 N–H and O–H groups in total. The lowest BCUT2D eigenvalue weighted by molar-refractivity contribution is 0.0996. The van der Waals surface area contributed by atoms with Gasteiger partial charge >= 0.3 is 0 Å². The van der Waals surface area contributed by atoms with Crippen molar-refractivity contribution in [2.24, 2.45) is 5.73 Å². The number of hydrogen-bond donors (Lipinski definition) is 2. The molecule has 0 radical (unpaired) electrons. The largest absolute Gasteiger partial charge is 0.366 e. The van der Waals surface area contributed by atoms with Gasteiger partial charge in [0.15, 0.2) is 5.13 Å². The quantitative estimate of drug-likeness (QED) is 0.377. The van der Waals surface area contributed by atoms with E-state index in [1.165, 1.54) is 23.6 Å². The number of primary amides is 1. The van der Waals surface area contributed by atoms with Crippen LogP contribution in [0.15, 0.2) is 66.3 Å². The van der Waals surface area contributed by atoms with Crippen LogP contribution in [0.25, 0.3) is 0 Å². The van der Waals surface area contributed by atoms with Crippen LogP contribution in [0.4, 0.5) is 15.2 Å². The molecule has 1 aliphatic heterocycles. The molecule has 4 aromatic rings. The molecule has 178 valence electrons. The van der Waals surface area contributed by atoms with Crippen LogP contribution < -0.4 is 16.0 Å². The van der Waals surface area contributed by atoms with Gasteiger partial charge in [0.05, 0.1) is 11.7 Å². The van der Waals surface area contributed by atoms with E-state index in [0.29, 0.717) is 28.5 Å². The Balaban J connectivity index is 1.28. The first-order chi connectivity index (χ1) is 17.0. The third kappa shape index (κ3) is 4.92. The number of carbonyl (C=O) groups excluding carboxylic acids is 2. The highest BCUT2D eigenvalue weighted by Crippen LogP contribution is 2.37. The summed E-state index contributed by atoms with van der Waals surface area (Å²) < 4.78 is 15.2. The van der Waals surface area contributed by atoms with Crippen molar-refractivity contribution in [3.63, 3.8) is 0 Å². The van der Waals surface area contributed by atoms with E-state index in [1.807, 2.05) is 17.5 Å². The zero-order valence-electron chi connectivity index (χ0n) is 18.7. The molecule has 0 spiro atoms. The Bertz CT molecular complexity index is 1370. The molecule has 1 fully saturated rings. The first kappa shape index (κ1) is 22.7. The summed E-state index contributed by atoms with van der Waals surface area (Å²) in [6.45, 7) is 1.23.